The molecular formula is C10H13ClO3Si. The number of hydrogen-bond donors (Lipinski definition) is 1. The van der Waals surface area contributed by atoms with Crippen molar-refractivity contribution in [2.24, 2.45) is 0 Å². The molecule has 5 heteroatoms. The Morgan fingerprint density at radius 1 is 1.40 bits per heavy atom. The van der Waals surface area contributed by atoms with E-state index in [0.717, 1.165) is 0 Å². The van der Waals surface area contributed by atoms with Crippen LogP contribution in [0.15, 0.2) is 18.2 Å². The van der Waals surface area contributed by atoms with Crippen molar-refractivity contribution in [2.45, 2.75) is 19.6 Å². The summed E-state index contributed by atoms with van der Waals surface area (Å²) < 4.78 is 5.65. The van der Waals surface area contributed by atoms with Gasteiger partial charge < -0.3 is 9.53 Å². The molecule has 3 nitrogen and oxygen atoms in total. The SMILES string of the molecule is C[Si](C)(C)Oc1cccc(Cl)c1C(=O)O. The largest absolute Gasteiger partial charge is 0.544 e. The first-order valence-electron chi connectivity index (χ1n) is 4.52. The number of carbonyl (C=O) groups is 1. The third kappa shape index (κ3) is 3.25. The van der Waals surface area contributed by atoms with Crippen molar-refractivity contribution in [3.8, 4) is 5.75 Å². The van der Waals surface area contributed by atoms with Crippen LogP contribution in [0.25, 0.3) is 0 Å². The molecule has 1 aromatic rings. The van der Waals surface area contributed by atoms with Crippen LogP contribution in [-0.4, -0.2) is 19.4 Å². The van der Waals surface area contributed by atoms with Gasteiger partial charge in [0.05, 0.1) is 5.02 Å². The van der Waals surface area contributed by atoms with Gasteiger partial charge >= 0.3 is 5.97 Å². The maximum Gasteiger partial charge on any atom is 0.340 e. The van der Waals surface area contributed by atoms with Crippen LogP contribution in [0.1, 0.15) is 10.4 Å². The van der Waals surface area contributed by atoms with E-state index in [1.807, 2.05) is 19.6 Å². The Balaban J connectivity index is 3.18. The molecule has 0 fully saturated rings. The lowest BCUT2D eigenvalue weighted by atomic mass is 10.2. The molecule has 0 heterocycles. The van der Waals surface area contributed by atoms with Crippen molar-refractivity contribution in [3.63, 3.8) is 0 Å². The van der Waals surface area contributed by atoms with Gasteiger partial charge in [-0.2, -0.15) is 0 Å². The third-order valence-electron chi connectivity index (χ3n) is 1.61. The topological polar surface area (TPSA) is 46.5 Å². The van der Waals surface area contributed by atoms with Crippen molar-refractivity contribution in [1.82, 2.24) is 0 Å². The van der Waals surface area contributed by atoms with Crippen molar-refractivity contribution < 1.29 is 14.3 Å². The van der Waals surface area contributed by atoms with Crippen LogP contribution in [0.2, 0.25) is 24.7 Å². The smallest absolute Gasteiger partial charge is 0.340 e. The highest BCUT2D eigenvalue weighted by molar-refractivity contribution is 6.70. The van der Waals surface area contributed by atoms with Gasteiger partial charge in [-0.05, 0) is 31.8 Å². The zero-order chi connectivity index (χ0) is 11.6. The van der Waals surface area contributed by atoms with Crippen molar-refractivity contribution in [3.05, 3.63) is 28.8 Å². The summed E-state index contributed by atoms with van der Waals surface area (Å²) in [7, 11) is -1.82. The van der Waals surface area contributed by atoms with Gasteiger partial charge in [0.15, 0.2) is 0 Å². The highest BCUT2D eigenvalue weighted by Gasteiger charge is 2.22. The molecule has 1 rings (SSSR count). The van der Waals surface area contributed by atoms with Gasteiger partial charge in [0.25, 0.3) is 0 Å². The normalized spacial score (nSPS) is 11.2. The van der Waals surface area contributed by atoms with Crippen LogP contribution in [0, 0.1) is 0 Å². The number of hydrogen-bond acceptors (Lipinski definition) is 2. The van der Waals surface area contributed by atoms with Gasteiger partial charge in [-0.15, -0.1) is 0 Å². The molecule has 0 aliphatic rings. The van der Waals surface area contributed by atoms with Crippen molar-refractivity contribution >= 4 is 25.9 Å². The van der Waals surface area contributed by atoms with Gasteiger partial charge in [-0.3, -0.25) is 0 Å². The van der Waals surface area contributed by atoms with Crippen LogP contribution >= 0.6 is 11.6 Å². The average Bonchev–Trinajstić information content (AvgIpc) is 1.99. The van der Waals surface area contributed by atoms with Crippen LogP contribution in [0.5, 0.6) is 5.75 Å². The first-order valence-corrected chi connectivity index (χ1v) is 8.31. The lowest BCUT2D eigenvalue weighted by Gasteiger charge is -2.20. The molecule has 0 saturated heterocycles. The predicted octanol–water partition coefficient (Wildman–Crippen LogP) is 3.25. The third-order valence-corrected chi connectivity index (χ3v) is 2.75. The number of benzene rings is 1. The minimum Gasteiger partial charge on any atom is -0.544 e. The van der Waals surface area contributed by atoms with E-state index in [9.17, 15) is 4.79 Å². The number of aromatic carboxylic acids is 1. The Morgan fingerprint density at radius 3 is 2.47 bits per heavy atom. The van der Waals surface area contributed by atoms with Gasteiger partial charge in [0.2, 0.25) is 8.32 Å². The van der Waals surface area contributed by atoms with Crippen LogP contribution in [0.4, 0.5) is 0 Å². The molecular weight excluding hydrogens is 232 g/mol. The summed E-state index contributed by atoms with van der Waals surface area (Å²) in [4.78, 5) is 11.0. The number of carboxylic acid groups (broad SMARTS) is 1. The first-order chi connectivity index (χ1) is 6.81. The quantitative estimate of drug-likeness (QED) is 0.831. The molecule has 0 unspecified atom stereocenters. The van der Waals surface area contributed by atoms with E-state index in [2.05, 4.69) is 0 Å². The monoisotopic (exact) mass is 244 g/mol. The molecule has 0 bridgehead atoms. The van der Waals surface area contributed by atoms with Gasteiger partial charge in [0, 0.05) is 0 Å². The highest BCUT2D eigenvalue weighted by atomic mass is 35.5. The second-order valence-corrected chi connectivity index (χ2v) is 8.97. The Labute approximate surface area is 94.8 Å². The van der Waals surface area contributed by atoms with E-state index in [1.165, 1.54) is 0 Å². The van der Waals surface area contributed by atoms with Crippen molar-refractivity contribution in [2.75, 3.05) is 0 Å². The van der Waals surface area contributed by atoms with E-state index < -0.39 is 14.3 Å². The molecule has 0 radical (unpaired) electrons. The van der Waals surface area contributed by atoms with Gasteiger partial charge in [-0.1, -0.05) is 17.7 Å². The van der Waals surface area contributed by atoms with E-state index >= 15 is 0 Å². The van der Waals surface area contributed by atoms with E-state index in [1.54, 1.807) is 18.2 Å². The predicted molar refractivity (Wildman–Crippen MR) is 62.4 cm³/mol. The fourth-order valence-electron chi connectivity index (χ4n) is 1.13. The number of halogens is 1. The summed E-state index contributed by atoms with van der Waals surface area (Å²) in [5.41, 5.74) is 0.0431. The average molecular weight is 245 g/mol. The molecule has 82 valence electrons. The van der Waals surface area contributed by atoms with Crippen LogP contribution in [0.3, 0.4) is 0 Å². The summed E-state index contributed by atoms with van der Waals surface area (Å²) in [6.45, 7) is 5.96. The standard InChI is InChI=1S/C10H13ClO3Si/c1-15(2,3)14-8-6-4-5-7(11)9(8)10(12)13/h4-6H,1-3H3,(H,12,13). The lowest BCUT2D eigenvalue weighted by molar-refractivity contribution is 0.0695. The number of rotatable bonds is 3. The molecule has 0 aliphatic carbocycles. The molecule has 0 spiro atoms. The number of carboxylic acids is 1. The van der Waals surface area contributed by atoms with Gasteiger partial charge in [0.1, 0.15) is 11.3 Å². The zero-order valence-electron chi connectivity index (χ0n) is 8.87. The summed E-state index contributed by atoms with van der Waals surface area (Å²) in [5.74, 6) is -0.706. The maximum absolute atomic E-state index is 11.0. The van der Waals surface area contributed by atoms with E-state index in [4.69, 9.17) is 21.1 Å². The second-order valence-electron chi connectivity index (χ2n) is 4.13. The van der Waals surface area contributed by atoms with Crippen LogP contribution < -0.4 is 4.43 Å². The Morgan fingerprint density at radius 2 is 2.00 bits per heavy atom. The molecule has 0 aromatic heterocycles. The fraction of sp³-hybridized carbons (Fsp3) is 0.300. The molecule has 0 saturated carbocycles. The Kier molecular flexibility index (Phi) is 3.41. The summed E-state index contributed by atoms with van der Waals surface area (Å²) in [6, 6.07) is 4.86. The Bertz CT molecular complexity index is 385. The summed E-state index contributed by atoms with van der Waals surface area (Å²) in [5, 5.41) is 9.20. The lowest BCUT2D eigenvalue weighted by Crippen LogP contribution is -2.30. The Hall–Kier alpha value is -1.00. The minimum atomic E-state index is -1.82. The molecule has 0 aliphatic heterocycles. The second kappa shape index (κ2) is 4.24. The highest BCUT2D eigenvalue weighted by Crippen LogP contribution is 2.28. The molecule has 15 heavy (non-hydrogen) atoms. The first kappa shape index (κ1) is 12.1. The zero-order valence-corrected chi connectivity index (χ0v) is 10.6. The van der Waals surface area contributed by atoms with E-state index in [0.29, 0.717) is 5.75 Å². The van der Waals surface area contributed by atoms with Crippen LogP contribution in [-0.2, 0) is 0 Å². The molecule has 0 amide bonds. The molecule has 1 aromatic carbocycles. The van der Waals surface area contributed by atoms with Gasteiger partial charge in [-0.25, -0.2) is 4.79 Å². The van der Waals surface area contributed by atoms with Crippen molar-refractivity contribution in [1.29, 1.82) is 0 Å². The fourth-order valence-corrected chi connectivity index (χ4v) is 2.20. The molecule has 0 atom stereocenters. The maximum atomic E-state index is 11.0. The minimum absolute atomic E-state index is 0.0431. The summed E-state index contributed by atoms with van der Waals surface area (Å²) >= 11 is 5.81. The molecule has 1 N–H and O–H groups in total. The van der Waals surface area contributed by atoms with E-state index in [-0.39, 0.29) is 10.6 Å². The summed E-state index contributed by atoms with van der Waals surface area (Å²) in [6.07, 6.45) is 0.